The second-order valence-corrected chi connectivity index (χ2v) is 9.81. The number of rotatable bonds is 9. The summed E-state index contributed by atoms with van der Waals surface area (Å²) in [6.07, 6.45) is 1.72. The smallest absolute Gasteiger partial charge is 0.241 e. The molecule has 0 radical (unpaired) electrons. The normalized spacial score (nSPS) is 15.0. The number of likely N-dealkylation sites (tertiary alicyclic amines) is 1. The van der Waals surface area contributed by atoms with E-state index in [4.69, 9.17) is 4.52 Å². The molecule has 0 bridgehead atoms. The van der Waals surface area contributed by atoms with Crippen LogP contribution in [-0.4, -0.2) is 46.3 Å². The van der Waals surface area contributed by atoms with Crippen molar-refractivity contribution in [3.63, 3.8) is 0 Å². The van der Waals surface area contributed by atoms with Crippen molar-refractivity contribution in [2.75, 3.05) is 25.4 Å². The number of nitrogens with zero attached hydrogens (tertiary/aromatic N) is 3. The highest BCUT2D eigenvalue weighted by atomic mass is 32.2. The number of amides is 1. The fourth-order valence-corrected chi connectivity index (χ4v) is 4.88. The van der Waals surface area contributed by atoms with Crippen molar-refractivity contribution in [1.29, 1.82) is 0 Å². The van der Waals surface area contributed by atoms with Crippen LogP contribution in [0.5, 0.6) is 0 Å². The molecule has 6 nitrogen and oxygen atoms in total. The zero-order valence-electron chi connectivity index (χ0n) is 19.4. The highest BCUT2D eigenvalue weighted by Gasteiger charge is 2.25. The van der Waals surface area contributed by atoms with Crippen molar-refractivity contribution in [2.45, 2.75) is 39.0 Å². The largest absolute Gasteiger partial charge is 0.355 e. The second kappa shape index (κ2) is 11.5. The van der Waals surface area contributed by atoms with E-state index >= 15 is 0 Å². The van der Waals surface area contributed by atoms with Gasteiger partial charge < -0.3 is 9.84 Å². The van der Waals surface area contributed by atoms with Gasteiger partial charge in [0.05, 0.1) is 6.54 Å². The summed E-state index contributed by atoms with van der Waals surface area (Å²) in [5.74, 6) is 3.45. The Labute approximate surface area is 200 Å². The van der Waals surface area contributed by atoms with Gasteiger partial charge in [-0.05, 0) is 50.9 Å². The third-order valence-corrected chi connectivity index (χ3v) is 7.14. The Kier molecular flexibility index (Phi) is 8.18. The molecule has 1 aliphatic heterocycles. The summed E-state index contributed by atoms with van der Waals surface area (Å²) in [4.78, 5) is 19.4. The van der Waals surface area contributed by atoms with Crippen LogP contribution in [0.1, 0.15) is 35.4 Å². The average Bonchev–Trinajstić information content (AvgIpc) is 3.29. The topological polar surface area (TPSA) is 71.3 Å². The maximum Gasteiger partial charge on any atom is 0.241 e. The van der Waals surface area contributed by atoms with E-state index < -0.39 is 0 Å². The average molecular weight is 465 g/mol. The molecule has 0 spiro atoms. The van der Waals surface area contributed by atoms with E-state index in [9.17, 15) is 4.79 Å². The molecule has 1 aliphatic rings. The van der Waals surface area contributed by atoms with Crippen LogP contribution in [0.2, 0.25) is 0 Å². The van der Waals surface area contributed by atoms with E-state index in [0.29, 0.717) is 18.3 Å². The molecule has 0 atom stereocenters. The summed E-state index contributed by atoms with van der Waals surface area (Å²) in [6, 6.07) is 16.7. The molecule has 1 fully saturated rings. The highest BCUT2D eigenvalue weighted by molar-refractivity contribution is 7.98. The molecule has 0 aliphatic carbocycles. The molecular weight excluding hydrogens is 432 g/mol. The Hall–Kier alpha value is -2.64. The lowest BCUT2D eigenvalue weighted by atomic mass is 9.96. The number of hydrogen-bond acceptors (Lipinski definition) is 6. The lowest BCUT2D eigenvalue weighted by Gasteiger charge is -2.30. The van der Waals surface area contributed by atoms with E-state index in [-0.39, 0.29) is 11.8 Å². The van der Waals surface area contributed by atoms with Gasteiger partial charge in [-0.3, -0.25) is 9.69 Å². The molecule has 2 heterocycles. The number of carbonyl (C=O) groups is 1. The number of hydrogen-bond donors (Lipinski definition) is 1. The maximum atomic E-state index is 12.5. The summed E-state index contributed by atoms with van der Waals surface area (Å²) in [5.41, 5.74) is 4.74. The van der Waals surface area contributed by atoms with Crippen LogP contribution in [0.3, 0.4) is 0 Å². The molecule has 33 heavy (non-hydrogen) atoms. The summed E-state index contributed by atoms with van der Waals surface area (Å²) >= 11 is 1.86. The van der Waals surface area contributed by atoms with Crippen LogP contribution in [0.4, 0.5) is 0 Å². The fraction of sp³-hybridized carbons (Fsp3) is 0.423. The van der Waals surface area contributed by atoms with Crippen LogP contribution in [0.25, 0.3) is 11.4 Å². The number of aromatic nitrogens is 2. The maximum absolute atomic E-state index is 12.5. The van der Waals surface area contributed by atoms with Crippen molar-refractivity contribution >= 4 is 17.7 Å². The summed E-state index contributed by atoms with van der Waals surface area (Å²) in [5, 5.41) is 7.27. The van der Waals surface area contributed by atoms with Crippen molar-refractivity contribution in [2.24, 2.45) is 5.92 Å². The number of nitrogens with one attached hydrogen (secondary N) is 1. The number of carbonyl (C=O) groups excluding carboxylic acids is 1. The Balaban J connectivity index is 1.14. The van der Waals surface area contributed by atoms with Gasteiger partial charge >= 0.3 is 0 Å². The molecule has 1 N–H and O–H groups in total. The van der Waals surface area contributed by atoms with E-state index in [1.54, 1.807) is 0 Å². The minimum atomic E-state index is 0.0913. The van der Waals surface area contributed by atoms with Crippen LogP contribution >= 0.6 is 11.8 Å². The van der Waals surface area contributed by atoms with E-state index in [0.717, 1.165) is 55.1 Å². The Bertz CT molecular complexity index is 1040. The lowest BCUT2D eigenvalue weighted by Crippen LogP contribution is -2.40. The summed E-state index contributed by atoms with van der Waals surface area (Å²) in [7, 11) is 0. The molecule has 7 heteroatoms. The predicted molar refractivity (Wildman–Crippen MR) is 133 cm³/mol. The van der Waals surface area contributed by atoms with Crippen molar-refractivity contribution in [1.82, 2.24) is 20.4 Å². The van der Waals surface area contributed by atoms with Crippen molar-refractivity contribution in [3.8, 4) is 11.4 Å². The third-order valence-electron chi connectivity index (χ3n) is 6.11. The minimum Gasteiger partial charge on any atom is -0.355 e. The van der Waals surface area contributed by atoms with Gasteiger partial charge in [0.15, 0.2) is 0 Å². The predicted octanol–water partition coefficient (Wildman–Crippen LogP) is 4.62. The highest BCUT2D eigenvalue weighted by Crippen LogP contribution is 2.22. The lowest BCUT2D eigenvalue weighted by molar-refractivity contribution is -0.126. The van der Waals surface area contributed by atoms with Gasteiger partial charge in [0, 0.05) is 29.5 Å². The molecule has 1 amide bonds. The molecule has 0 saturated carbocycles. The van der Waals surface area contributed by atoms with E-state index in [1.807, 2.05) is 43.0 Å². The Morgan fingerprint density at radius 3 is 2.64 bits per heavy atom. The van der Waals surface area contributed by atoms with Gasteiger partial charge in [-0.15, -0.1) is 0 Å². The monoisotopic (exact) mass is 464 g/mol. The molecule has 2 aromatic carbocycles. The first kappa shape index (κ1) is 23.5. The van der Waals surface area contributed by atoms with Gasteiger partial charge in [0.2, 0.25) is 17.6 Å². The standard InChI is InChI=1S/C26H32N4O2S/c1-19-7-9-21(10-8-19)18-33-16-13-27-26(31)22-11-14-30(15-12-22)17-24-28-25(29-32-24)23-6-4-3-5-20(23)2/h3-10,22H,11-18H2,1-2H3,(H,27,31). The number of benzene rings is 2. The zero-order chi connectivity index (χ0) is 23.0. The van der Waals surface area contributed by atoms with Crippen LogP contribution in [0.15, 0.2) is 53.1 Å². The third kappa shape index (κ3) is 6.68. The van der Waals surface area contributed by atoms with E-state index in [2.05, 4.69) is 51.5 Å². The second-order valence-electron chi connectivity index (χ2n) is 8.71. The van der Waals surface area contributed by atoms with Gasteiger partial charge in [0.1, 0.15) is 0 Å². The van der Waals surface area contributed by atoms with Crippen LogP contribution < -0.4 is 5.32 Å². The molecule has 0 unspecified atom stereocenters. The molecule has 4 rings (SSSR count). The van der Waals surface area contributed by atoms with Gasteiger partial charge in [0.25, 0.3) is 0 Å². The summed E-state index contributed by atoms with van der Waals surface area (Å²) in [6.45, 7) is 7.22. The Morgan fingerprint density at radius 1 is 1.12 bits per heavy atom. The van der Waals surface area contributed by atoms with E-state index in [1.165, 1.54) is 11.1 Å². The number of aryl methyl sites for hydroxylation is 2. The number of thioether (sulfide) groups is 1. The SMILES string of the molecule is Cc1ccc(CSCCNC(=O)C2CCN(Cc3nc(-c4ccccc4C)no3)CC2)cc1. The summed E-state index contributed by atoms with van der Waals surface area (Å²) < 4.78 is 5.48. The number of piperidine rings is 1. The van der Waals surface area contributed by atoms with Crippen molar-refractivity contribution < 1.29 is 9.32 Å². The quantitative estimate of drug-likeness (QED) is 0.466. The minimum absolute atomic E-state index is 0.0913. The first-order valence-electron chi connectivity index (χ1n) is 11.6. The van der Waals surface area contributed by atoms with Gasteiger partial charge in [-0.1, -0.05) is 59.3 Å². The molecule has 1 saturated heterocycles. The molecular formula is C26H32N4O2S. The Morgan fingerprint density at radius 2 is 1.88 bits per heavy atom. The zero-order valence-corrected chi connectivity index (χ0v) is 20.2. The van der Waals surface area contributed by atoms with Crippen LogP contribution in [0, 0.1) is 19.8 Å². The van der Waals surface area contributed by atoms with Gasteiger partial charge in [-0.25, -0.2) is 0 Å². The van der Waals surface area contributed by atoms with Gasteiger partial charge in [-0.2, -0.15) is 16.7 Å². The van der Waals surface area contributed by atoms with Crippen LogP contribution in [-0.2, 0) is 17.1 Å². The fourth-order valence-electron chi connectivity index (χ4n) is 4.06. The molecule has 174 valence electrons. The first-order chi connectivity index (χ1) is 16.1. The first-order valence-corrected chi connectivity index (χ1v) is 12.8. The molecule has 1 aromatic heterocycles. The molecule has 3 aromatic rings. The van der Waals surface area contributed by atoms with Crippen molar-refractivity contribution in [3.05, 3.63) is 71.1 Å².